The highest BCUT2D eigenvalue weighted by Crippen LogP contribution is 2.64. The summed E-state index contributed by atoms with van der Waals surface area (Å²) in [5.74, 6) is -0.235. The summed E-state index contributed by atoms with van der Waals surface area (Å²) in [5.41, 5.74) is 1.07. The average Bonchev–Trinajstić information content (AvgIpc) is 2.38. The van der Waals surface area contributed by atoms with Crippen molar-refractivity contribution in [3.8, 4) is 0 Å². The van der Waals surface area contributed by atoms with Crippen LogP contribution in [-0.2, 0) is 9.53 Å². The van der Waals surface area contributed by atoms with Crippen molar-refractivity contribution < 1.29 is 9.53 Å². The number of rotatable bonds is 1. The summed E-state index contributed by atoms with van der Waals surface area (Å²) in [6, 6.07) is 0. The van der Waals surface area contributed by atoms with Gasteiger partial charge in [-0.05, 0) is 37.0 Å². The first-order valence-electron chi connectivity index (χ1n) is 7.76. The molecule has 0 aliphatic heterocycles. The second-order valence-electron chi connectivity index (χ2n) is 7.61. The maximum atomic E-state index is 11.4. The molecule has 2 saturated carbocycles. The summed E-state index contributed by atoms with van der Waals surface area (Å²) in [7, 11) is 0. The minimum absolute atomic E-state index is 0.0164. The first-order valence-corrected chi connectivity index (χ1v) is 9.91. The molecule has 2 fully saturated rings. The number of hydrogen-bond donors (Lipinski definition) is 0. The van der Waals surface area contributed by atoms with Crippen LogP contribution >= 0.6 is 43.5 Å². The fourth-order valence-electron chi connectivity index (χ4n) is 4.18. The van der Waals surface area contributed by atoms with Crippen molar-refractivity contribution in [2.45, 2.75) is 74.0 Å². The molecule has 2 aliphatic carbocycles. The van der Waals surface area contributed by atoms with Gasteiger partial charge in [0.15, 0.2) is 0 Å². The Bertz CT molecular complexity index is 489. The Hall–Kier alpha value is 0.460. The van der Waals surface area contributed by atoms with E-state index in [1.807, 2.05) is 0 Å². The molecule has 0 unspecified atom stereocenters. The molecule has 0 saturated heterocycles. The van der Waals surface area contributed by atoms with E-state index in [9.17, 15) is 4.79 Å². The second kappa shape index (κ2) is 6.07. The first-order chi connectivity index (χ1) is 9.94. The van der Waals surface area contributed by atoms with E-state index < -0.39 is 0 Å². The molecule has 0 radical (unpaired) electrons. The molecule has 22 heavy (non-hydrogen) atoms. The monoisotopic (exact) mass is 454 g/mol. The Kier molecular flexibility index (Phi) is 5.19. The van der Waals surface area contributed by atoms with E-state index in [1.54, 1.807) is 0 Å². The molecule has 0 amide bonds. The van der Waals surface area contributed by atoms with Crippen LogP contribution in [0, 0.1) is 10.8 Å². The van der Waals surface area contributed by atoms with Gasteiger partial charge in [0, 0.05) is 23.0 Å². The van der Waals surface area contributed by atoms with Crippen LogP contribution in [0.4, 0.5) is 0 Å². The van der Waals surface area contributed by atoms with Gasteiger partial charge in [0.25, 0.3) is 0 Å². The molecular weight excluding hydrogens is 431 g/mol. The molecule has 2 aliphatic rings. The molecule has 5 heteroatoms. The number of esters is 1. The number of carbonyl (C=O) groups is 1. The van der Waals surface area contributed by atoms with Gasteiger partial charge in [0.05, 0.1) is 4.83 Å². The van der Waals surface area contributed by atoms with Gasteiger partial charge in [0.2, 0.25) is 0 Å². The van der Waals surface area contributed by atoms with E-state index in [0.29, 0.717) is 6.42 Å². The lowest BCUT2D eigenvalue weighted by Crippen LogP contribution is -2.58. The highest BCUT2D eigenvalue weighted by molar-refractivity contribution is 9.10. The van der Waals surface area contributed by atoms with Gasteiger partial charge in [-0.15, -0.1) is 11.6 Å². The predicted molar refractivity (Wildman–Crippen MR) is 99.1 cm³/mol. The van der Waals surface area contributed by atoms with Crippen molar-refractivity contribution in [1.82, 2.24) is 0 Å². The minimum atomic E-state index is -0.235. The fourth-order valence-corrected chi connectivity index (χ4v) is 5.65. The average molecular weight is 457 g/mol. The predicted octanol–water partition coefficient (Wildman–Crippen LogP) is 5.60. The van der Waals surface area contributed by atoms with Crippen LogP contribution < -0.4 is 0 Å². The summed E-state index contributed by atoms with van der Waals surface area (Å²) >= 11 is 14.3. The first kappa shape index (κ1) is 18.8. The molecule has 0 aromatic carbocycles. The number of hydrogen-bond acceptors (Lipinski definition) is 2. The molecule has 1 spiro atoms. The van der Waals surface area contributed by atoms with Crippen LogP contribution in [0.5, 0.6) is 0 Å². The third-order valence-electron chi connectivity index (χ3n) is 5.91. The lowest BCUT2D eigenvalue weighted by atomic mass is 9.49. The Morgan fingerprint density at radius 1 is 1.36 bits per heavy atom. The van der Waals surface area contributed by atoms with Crippen molar-refractivity contribution in [2.75, 3.05) is 0 Å². The molecule has 126 valence electrons. The van der Waals surface area contributed by atoms with Crippen molar-refractivity contribution in [3.63, 3.8) is 0 Å². The quantitative estimate of drug-likeness (QED) is 0.292. The molecule has 0 heterocycles. The van der Waals surface area contributed by atoms with Crippen LogP contribution in [-0.4, -0.2) is 26.6 Å². The van der Waals surface area contributed by atoms with Gasteiger partial charge in [-0.25, -0.2) is 0 Å². The summed E-state index contributed by atoms with van der Waals surface area (Å²) in [6.45, 7) is 12.5. The van der Waals surface area contributed by atoms with Gasteiger partial charge in [0.1, 0.15) is 6.10 Å². The number of alkyl halides is 3. The zero-order valence-corrected chi connectivity index (χ0v) is 17.6. The molecule has 0 aromatic rings. The topological polar surface area (TPSA) is 26.3 Å². The summed E-state index contributed by atoms with van der Waals surface area (Å²) in [5, 5.41) is 0.0576. The summed E-state index contributed by atoms with van der Waals surface area (Å²) in [6.07, 6.45) is 3.52. The molecule has 5 atom stereocenters. The molecule has 0 bridgehead atoms. The Labute approximate surface area is 155 Å². The number of carbonyl (C=O) groups excluding carboxylic acids is 1. The van der Waals surface area contributed by atoms with Crippen molar-refractivity contribution in [2.24, 2.45) is 10.8 Å². The zero-order valence-electron chi connectivity index (χ0n) is 13.7. The lowest BCUT2D eigenvalue weighted by Gasteiger charge is -2.60. The van der Waals surface area contributed by atoms with E-state index in [2.05, 4.69) is 59.2 Å². The van der Waals surface area contributed by atoms with Crippen LogP contribution in [0.2, 0.25) is 0 Å². The SMILES string of the molecule is C=C1C[C@@H](OC(C)=O)[C@@H](Br)C(C)(C)[C@]12CC[C@](C)(Br)[C@@H](Cl)C2. The number of halogens is 3. The van der Waals surface area contributed by atoms with Crippen LogP contribution in [0.3, 0.4) is 0 Å². The van der Waals surface area contributed by atoms with E-state index in [1.165, 1.54) is 12.5 Å². The Morgan fingerprint density at radius 3 is 2.45 bits per heavy atom. The Morgan fingerprint density at radius 2 is 1.95 bits per heavy atom. The summed E-state index contributed by atoms with van der Waals surface area (Å²) < 4.78 is 5.50. The van der Waals surface area contributed by atoms with Gasteiger partial charge < -0.3 is 4.74 Å². The maximum Gasteiger partial charge on any atom is 0.302 e. The Balaban J connectivity index is 2.34. The third kappa shape index (κ3) is 2.93. The minimum Gasteiger partial charge on any atom is -0.461 e. The molecule has 0 aromatic heterocycles. The van der Waals surface area contributed by atoms with Gasteiger partial charge in [-0.1, -0.05) is 57.9 Å². The van der Waals surface area contributed by atoms with Crippen LogP contribution in [0.1, 0.15) is 53.4 Å². The smallest absolute Gasteiger partial charge is 0.302 e. The fraction of sp³-hybridized carbons (Fsp3) is 0.824. The molecule has 2 rings (SSSR count). The van der Waals surface area contributed by atoms with Gasteiger partial charge >= 0.3 is 5.97 Å². The maximum absolute atomic E-state index is 11.4. The van der Waals surface area contributed by atoms with E-state index in [-0.39, 0.29) is 37.4 Å². The molecular formula is C17H25Br2ClO2. The lowest BCUT2D eigenvalue weighted by molar-refractivity contribution is -0.150. The summed E-state index contributed by atoms with van der Waals surface area (Å²) in [4.78, 5) is 11.5. The standard InChI is InChI=1S/C17H25Br2ClO2/c1-10-8-12(22-11(2)21)14(18)15(3,4)17(10)7-6-16(5,19)13(20)9-17/h12-14H,1,6-9H2,2-5H3/t12-,13+,14-,16+,17+/m1/s1. The van der Waals surface area contributed by atoms with E-state index >= 15 is 0 Å². The molecule has 2 nitrogen and oxygen atoms in total. The van der Waals surface area contributed by atoms with Crippen LogP contribution in [0.15, 0.2) is 12.2 Å². The van der Waals surface area contributed by atoms with Gasteiger partial charge in [-0.2, -0.15) is 0 Å². The molecule has 0 N–H and O–H groups in total. The van der Waals surface area contributed by atoms with E-state index in [0.717, 1.165) is 19.3 Å². The van der Waals surface area contributed by atoms with Crippen LogP contribution in [0.25, 0.3) is 0 Å². The normalized spacial score (nSPS) is 44.9. The highest BCUT2D eigenvalue weighted by atomic mass is 79.9. The zero-order chi connectivity index (χ0) is 16.9. The highest BCUT2D eigenvalue weighted by Gasteiger charge is 2.60. The second-order valence-corrected chi connectivity index (χ2v) is 10.9. The largest absolute Gasteiger partial charge is 0.461 e. The van der Waals surface area contributed by atoms with Gasteiger partial charge in [-0.3, -0.25) is 4.79 Å². The third-order valence-corrected chi connectivity index (χ3v) is 9.50. The van der Waals surface area contributed by atoms with Crippen molar-refractivity contribution in [1.29, 1.82) is 0 Å². The van der Waals surface area contributed by atoms with Crippen molar-refractivity contribution >= 4 is 49.4 Å². The van der Waals surface area contributed by atoms with Crippen molar-refractivity contribution in [3.05, 3.63) is 12.2 Å². The van der Waals surface area contributed by atoms with E-state index in [4.69, 9.17) is 16.3 Å². The number of ether oxygens (including phenoxy) is 1.